The molecule has 1 aliphatic carbocycles. The van der Waals surface area contributed by atoms with Crippen LogP contribution in [0.4, 0.5) is 10.1 Å². The van der Waals surface area contributed by atoms with Crippen LogP contribution in [0.5, 0.6) is 0 Å². The molecule has 1 atom stereocenters. The summed E-state index contributed by atoms with van der Waals surface area (Å²) in [4.78, 5) is 30.1. The average Bonchev–Trinajstić information content (AvgIpc) is 3.56. The van der Waals surface area contributed by atoms with E-state index in [1.54, 1.807) is 34.9 Å². The molecule has 3 heterocycles. The lowest BCUT2D eigenvalue weighted by atomic mass is 9.83. The van der Waals surface area contributed by atoms with Crippen LogP contribution >= 0.6 is 22.9 Å². The first-order chi connectivity index (χ1) is 19.9. The number of fused-ring (bicyclic) bond motifs is 3. The second-order valence-corrected chi connectivity index (χ2v) is 11.2. The summed E-state index contributed by atoms with van der Waals surface area (Å²) in [5.74, 6) is 0.385. The first-order valence-electron chi connectivity index (χ1n) is 12.8. The third-order valence-corrected chi connectivity index (χ3v) is 8.70. The van der Waals surface area contributed by atoms with Crippen LogP contribution in [0.1, 0.15) is 34.9 Å². The summed E-state index contributed by atoms with van der Waals surface area (Å²) in [7, 11) is 0. The number of benzene rings is 3. The second-order valence-electron chi connectivity index (χ2n) is 9.79. The smallest absolute Gasteiger partial charge is 0.271 e. The van der Waals surface area contributed by atoms with Crippen LogP contribution in [0, 0.1) is 15.9 Å². The number of nitro groups is 1. The minimum Gasteiger partial charge on any atom is -0.457 e. The predicted molar refractivity (Wildman–Crippen MR) is 155 cm³/mol. The minimum atomic E-state index is -0.500. The van der Waals surface area contributed by atoms with Crippen LogP contribution in [-0.4, -0.2) is 9.49 Å². The van der Waals surface area contributed by atoms with Crippen LogP contribution < -0.4 is 14.9 Å². The van der Waals surface area contributed by atoms with E-state index in [1.807, 2.05) is 18.2 Å². The van der Waals surface area contributed by atoms with E-state index in [1.165, 1.54) is 47.2 Å². The van der Waals surface area contributed by atoms with Crippen molar-refractivity contribution in [2.45, 2.75) is 18.9 Å². The highest BCUT2D eigenvalue weighted by Crippen LogP contribution is 2.41. The Morgan fingerprint density at radius 3 is 2.66 bits per heavy atom. The third kappa shape index (κ3) is 4.34. The van der Waals surface area contributed by atoms with Gasteiger partial charge in [-0.15, -0.1) is 0 Å². The van der Waals surface area contributed by atoms with Gasteiger partial charge >= 0.3 is 0 Å². The minimum absolute atomic E-state index is 0.109. The van der Waals surface area contributed by atoms with Crippen molar-refractivity contribution in [3.8, 4) is 11.3 Å². The van der Waals surface area contributed by atoms with Crippen molar-refractivity contribution >= 4 is 40.4 Å². The topological polar surface area (TPSA) is 90.6 Å². The number of rotatable bonds is 4. The zero-order chi connectivity index (χ0) is 28.2. The maximum atomic E-state index is 13.9. The van der Waals surface area contributed by atoms with E-state index in [0.717, 1.165) is 35.2 Å². The molecule has 0 spiro atoms. The van der Waals surface area contributed by atoms with Gasteiger partial charge in [0.2, 0.25) is 0 Å². The van der Waals surface area contributed by atoms with Crippen molar-refractivity contribution in [3.05, 3.63) is 148 Å². The van der Waals surface area contributed by atoms with Gasteiger partial charge in [0.15, 0.2) is 4.80 Å². The summed E-state index contributed by atoms with van der Waals surface area (Å²) in [6, 6.07) is 21.4. The predicted octanol–water partition coefficient (Wildman–Crippen LogP) is 6.28. The van der Waals surface area contributed by atoms with Gasteiger partial charge in [0.05, 0.1) is 26.2 Å². The molecule has 7 nitrogen and oxygen atoms in total. The van der Waals surface area contributed by atoms with Gasteiger partial charge in [0.25, 0.3) is 11.2 Å². The number of allylic oxidation sites excluding steroid dienone is 1. The fourth-order valence-electron chi connectivity index (χ4n) is 5.49. The highest BCUT2D eigenvalue weighted by Gasteiger charge is 2.32. The lowest BCUT2D eigenvalue weighted by molar-refractivity contribution is -0.384. The Bertz CT molecular complexity index is 2090. The number of halogens is 2. The van der Waals surface area contributed by atoms with Crippen LogP contribution in [-0.2, 0) is 6.42 Å². The summed E-state index contributed by atoms with van der Waals surface area (Å²) in [6.07, 6.45) is 3.19. The highest BCUT2D eigenvalue weighted by atomic mass is 35.5. The Morgan fingerprint density at radius 2 is 1.85 bits per heavy atom. The number of thiazole rings is 1. The largest absolute Gasteiger partial charge is 0.457 e. The molecule has 1 aliphatic heterocycles. The highest BCUT2D eigenvalue weighted by molar-refractivity contribution is 7.07. The fourth-order valence-corrected chi connectivity index (χ4v) is 6.68. The van der Waals surface area contributed by atoms with Crippen LogP contribution in [0.3, 0.4) is 0 Å². The first kappa shape index (κ1) is 25.4. The van der Waals surface area contributed by atoms with Gasteiger partial charge < -0.3 is 4.42 Å². The first-order valence-corrected chi connectivity index (χ1v) is 14.0. The van der Waals surface area contributed by atoms with Crippen molar-refractivity contribution in [3.63, 3.8) is 0 Å². The number of hydrogen-bond donors (Lipinski definition) is 0. The van der Waals surface area contributed by atoms with Crippen LogP contribution in [0.25, 0.3) is 23.1 Å². The fraction of sp³-hybridized carbons (Fsp3) is 0.0968. The molecule has 2 aliphatic rings. The van der Waals surface area contributed by atoms with Gasteiger partial charge in [-0.2, -0.15) is 0 Å². The van der Waals surface area contributed by atoms with E-state index in [0.29, 0.717) is 31.4 Å². The summed E-state index contributed by atoms with van der Waals surface area (Å²) in [5, 5.41) is 11.5. The van der Waals surface area contributed by atoms with Gasteiger partial charge in [-0.3, -0.25) is 19.5 Å². The summed E-state index contributed by atoms with van der Waals surface area (Å²) in [5.41, 5.74) is 4.97. The van der Waals surface area contributed by atoms with Crippen molar-refractivity contribution in [2.75, 3.05) is 0 Å². The van der Waals surface area contributed by atoms with E-state index in [9.17, 15) is 19.3 Å². The van der Waals surface area contributed by atoms with Gasteiger partial charge in [-0.1, -0.05) is 59.3 Å². The number of hydrogen-bond acceptors (Lipinski definition) is 6. The maximum absolute atomic E-state index is 13.9. The maximum Gasteiger partial charge on any atom is 0.271 e. The Kier molecular flexibility index (Phi) is 6.06. The van der Waals surface area contributed by atoms with Gasteiger partial charge in [-0.25, -0.2) is 9.38 Å². The van der Waals surface area contributed by atoms with Crippen molar-refractivity contribution < 1.29 is 13.7 Å². The Labute approximate surface area is 241 Å². The number of aromatic nitrogens is 1. The molecule has 0 amide bonds. The number of nitrogens with zero attached hydrogens (tertiary/aromatic N) is 3. The number of aryl methyl sites for hydroxylation is 1. The molecule has 0 fully saturated rings. The molecule has 41 heavy (non-hydrogen) atoms. The van der Waals surface area contributed by atoms with Crippen LogP contribution in [0.15, 0.2) is 98.6 Å². The number of non-ortho nitro benzene ring substituents is 1. The Balaban J connectivity index is 1.38. The molecule has 7 rings (SSSR count). The standard InChI is InChI=1S/C31H19ClFN3O4S/c32-25-13-10-20(36(38)39)15-24(25)26-14-11-21(40-26)16-27-30(37)35-29(18-5-8-19(33)9-6-18)23-12-7-17-3-1-2-4-22(17)28(23)34-31(35)41-27/h1-6,8-11,13-16,29H,7,12H2/b27-16+/t29-/m1/s1. The lowest BCUT2D eigenvalue weighted by Gasteiger charge is -2.30. The molecular formula is C31H19ClFN3O4S. The monoisotopic (exact) mass is 583 g/mol. The van der Waals surface area contributed by atoms with E-state index in [2.05, 4.69) is 6.07 Å². The van der Waals surface area contributed by atoms with E-state index in [-0.39, 0.29) is 17.1 Å². The molecular weight excluding hydrogens is 565 g/mol. The zero-order valence-electron chi connectivity index (χ0n) is 21.2. The van der Waals surface area contributed by atoms with E-state index in [4.69, 9.17) is 21.0 Å². The number of nitro benzene ring substituents is 1. The summed E-state index contributed by atoms with van der Waals surface area (Å²) < 4.78 is 21.9. The molecule has 0 saturated carbocycles. The van der Waals surface area contributed by atoms with Gasteiger partial charge in [0, 0.05) is 29.3 Å². The van der Waals surface area contributed by atoms with E-state index >= 15 is 0 Å². The van der Waals surface area contributed by atoms with Crippen molar-refractivity contribution in [1.29, 1.82) is 0 Å². The molecule has 0 radical (unpaired) electrons. The quantitative estimate of drug-likeness (QED) is 0.184. The zero-order valence-corrected chi connectivity index (χ0v) is 22.8. The third-order valence-electron chi connectivity index (χ3n) is 7.39. The molecule has 10 heteroatoms. The second kappa shape index (κ2) is 9.79. The molecule has 5 aromatic rings. The Hall–Kier alpha value is -4.60. The van der Waals surface area contributed by atoms with Crippen molar-refractivity contribution in [1.82, 2.24) is 4.57 Å². The van der Waals surface area contributed by atoms with Crippen LogP contribution in [0.2, 0.25) is 5.02 Å². The van der Waals surface area contributed by atoms with Gasteiger partial charge in [-0.05, 0) is 59.9 Å². The average molecular weight is 584 g/mol. The summed E-state index contributed by atoms with van der Waals surface area (Å²) >= 11 is 7.54. The number of furan rings is 1. The molecule has 202 valence electrons. The molecule has 0 bridgehead atoms. The SMILES string of the molecule is O=c1/c(=C\c2ccc(-c3cc([N+](=O)[O-])ccc3Cl)o2)sc2n1[C@H](c1ccc(F)cc1)C1=C(N=2)c2ccccc2CC1. The van der Waals surface area contributed by atoms with E-state index < -0.39 is 11.0 Å². The molecule has 0 N–H and O–H groups in total. The molecule has 0 unspecified atom stereocenters. The molecule has 3 aromatic carbocycles. The van der Waals surface area contributed by atoms with Crippen molar-refractivity contribution in [2.24, 2.45) is 4.99 Å². The normalized spacial score (nSPS) is 16.1. The lowest BCUT2D eigenvalue weighted by Crippen LogP contribution is -2.38. The molecule has 2 aromatic heterocycles. The molecule has 0 saturated heterocycles. The van der Waals surface area contributed by atoms with Gasteiger partial charge in [0.1, 0.15) is 17.3 Å². The Morgan fingerprint density at radius 1 is 1.05 bits per heavy atom. The summed E-state index contributed by atoms with van der Waals surface area (Å²) in [6.45, 7) is 0.